The number of carbonyl (C=O) groups excluding carboxylic acids is 1. The van der Waals surface area contributed by atoms with E-state index in [-0.39, 0.29) is 28.9 Å². The number of benzene rings is 1. The number of fused-ring (bicyclic) bond motifs is 1. The Kier molecular flexibility index (Phi) is 4.73. The van der Waals surface area contributed by atoms with Crippen LogP contribution < -0.4 is 16.2 Å². The number of hydrogen-bond donors (Lipinski definition) is 2. The van der Waals surface area contributed by atoms with E-state index < -0.39 is 34.7 Å². The minimum atomic E-state index is -4.99. The number of aromatic nitrogens is 2. The minimum Gasteiger partial charge on any atom is -0.310 e. The van der Waals surface area contributed by atoms with E-state index in [1.165, 1.54) is 0 Å². The van der Waals surface area contributed by atoms with E-state index in [4.69, 9.17) is 11.6 Å². The number of nitrogens with zero attached hydrogens (tertiary/aromatic N) is 2. The van der Waals surface area contributed by atoms with Crippen molar-refractivity contribution in [3.63, 3.8) is 0 Å². The van der Waals surface area contributed by atoms with Crippen LogP contribution in [0.3, 0.4) is 0 Å². The van der Waals surface area contributed by atoms with Gasteiger partial charge in [-0.15, -0.1) is 0 Å². The predicted molar refractivity (Wildman–Crippen MR) is 99.4 cm³/mol. The summed E-state index contributed by atoms with van der Waals surface area (Å²) in [6.07, 6.45) is -2.55. The lowest BCUT2D eigenvalue weighted by atomic mass is 9.85. The highest BCUT2D eigenvalue weighted by Crippen LogP contribution is 2.45. The summed E-state index contributed by atoms with van der Waals surface area (Å²) in [6, 6.07) is 1.64. The average Bonchev–Trinajstić information content (AvgIpc) is 3.46. The smallest absolute Gasteiger partial charge is 0.310 e. The summed E-state index contributed by atoms with van der Waals surface area (Å²) in [5.41, 5.74) is -4.52. The molecule has 2 amide bonds. The monoisotopic (exact) mass is 440 g/mol. The Morgan fingerprint density at radius 3 is 2.63 bits per heavy atom. The zero-order chi connectivity index (χ0) is 21.7. The van der Waals surface area contributed by atoms with Crippen molar-refractivity contribution in [2.45, 2.75) is 31.1 Å². The third-order valence-electron chi connectivity index (χ3n) is 4.79. The average molecular weight is 441 g/mol. The van der Waals surface area contributed by atoms with Gasteiger partial charge in [-0.3, -0.25) is 9.36 Å². The Morgan fingerprint density at radius 1 is 1.27 bits per heavy atom. The van der Waals surface area contributed by atoms with Crippen molar-refractivity contribution in [3.05, 3.63) is 57.0 Å². The van der Waals surface area contributed by atoms with Gasteiger partial charge in [-0.1, -0.05) is 23.4 Å². The molecule has 2 aliphatic rings. The summed E-state index contributed by atoms with van der Waals surface area (Å²) in [4.78, 5) is 27.7. The lowest BCUT2D eigenvalue weighted by Crippen LogP contribution is -2.59. The third-order valence-corrected chi connectivity index (χ3v) is 5.00. The van der Waals surface area contributed by atoms with E-state index in [2.05, 4.69) is 22.1 Å². The Labute approximate surface area is 172 Å². The zero-order valence-corrected chi connectivity index (χ0v) is 15.9. The molecule has 1 aliphatic heterocycles. The number of halogens is 5. The van der Waals surface area contributed by atoms with Crippen LogP contribution in [0.15, 0.2) is 29.3 Å². The van der Waals surface area contributed by atoms with Gasteiger partial charge in [0, 0.05) is 28.8 Å². The standard InChI is InChI=1S/C19H13ClF4N4O2/c20-15-7-16(29)28(9-25-15)8-11-5-14-12(6-13(11)21)18(19(22,23)24,27-17(30)26-14)4-3-10-1-2-10/h5-7,9-10H,1-2,8H2,(H2,26,27,30). The third kappa shape index (κ3) is 3.61. The van der Waals surface area contributed by atoms with Crippen molar-refractivity contribution in [1.82, 2.24) is 14.9 Å². The summed E-state index contributed by atoms with van der Waals surface area (Å²) in [5, 5.41) is 4.03. The number of anilines is 1. The predicted octanol–water partition coefficient (Wildman–Crippen LogP) is 3.39. The number of carbonyl (C=O) groups is 1. The normalized spacial score (nSPS) is 20.5. The van der Waals surface area contributed by atoms with Gasteiger partial charge in [0.1, 0.15) is 11.0 Å². The van der Waals surface area contributed by atoms with E-state index in [0.717, 1.165) is 23.0 Å². The molecule has 30 heavy (non-hydrogen) atoms. The molecule has 11 heteroatoms. The van der Waals surface area contributed by atoms with Crippen LogP contribution in [0, 0.1) is 23.6 Å². The van der Waals surface area contributed by atoms with Crippen LogP contribution in [0.25, 0.3) is 0 Å². The van der Waals surface area contributed by atoms with Crippen molar-refractivity contribution in [3.8, 4) is 11.8 Å². The molecule has 1 fully saturated rings. The van der Waals surface area contributed by atoms with Crippen molar-refractivity contribution >= 4 is 23.3 Å². The molecule has 2 aromatic rings. The summed E-state index contributed by atoms with van der Waals surface area (Å²) in [7, 11) is 0. The molecule has 6 nitrogen and oxygen atoms in total. The van der Waals surface area contributed by atoms with E-state index in [0.29, 0.717) is 18.9 Å². The first-order valence-electron chi connectivity index (χ1n) is 8.82. The quantitative estimate of drug-likeness (QED) is 0.427. The highest BCUT2D eigenvalue weighted by molar-refractivity contribution is 6.29. The van der Waals surface area contributed by atoms with E-state index >= 15 is 0 Å². The molecular weight excluding hydrogens is 428 g/mol. The maximum atomic E-state index is 14.8. The first kappa shape index (κ1) is 20.2. The van der Waals surface area contributed by atoms with Gasteiger partial charge in [0.05, 0.1) is 12.9 Å². The van der Waals surface area contributed by atoms with Crippen LogP contribution in [0.1, 0.15) is 24.0 Å². The van der Waals surface area contributed by atoms with E-state index in [1.807, 2.05) is 5.32 Å². The molecule has 1 aromatic heterocycles. The first-order valence-corrected chi connectivity index (χ1v) is 9.20. The largest absolute Gasteiger partial charge is 0.427 e. The van der Waals surface area contributed by atoms with E-state index in [9.17, 15) is 27.2 Å². The molecule has 2 N–H and O–H groups in total. The second-order valence-electron chi connectivity index (χ2n) is 7.04. The first-order chi connectivity index (χ1) is 14.1. The second kappa shape index (κ2) is 7.02. The van der Waals surface area contributed by atoms with Crippen LogP contribution in [-0.2, 0) is 12.1 Å². The number of rotatable bonds is 2. The fourth-order valence-corrected chi connectivity index (χ4v) is 3.22. The maximum absolute atomic E-state index is 14.8. The van der Waals surface area contributed by atoms with Gasteiger partial charge in [0.25, 0.3) is 5.56 Å². The minimum absolute atomic E-state index is 0.0512. The SMILES string of the molecule is O=C1Nc2cc(Cn3cnc(Cl)cc3=O)c(F)cc2C(C#CC2CC2)(C(F)(F)F)N1. The van der Waals surface area contributed by atoms with Crippen molar-refractivity contribution in [2.75, 3.05) is 5.32 Å². The molecule has 0 saturated heterocycles. The van der Waals surface area contributed by atoms with Gasteiger partial charge in [0.15, 0.2) is 0 Å². The Hall–Kier alpha value is -3.06. The molecule has 1 unspecified atom stereocenters. The van der Waals surface area contributed by atoms with Gasteiger partial charge in [-0.25, -0.2) is 14.2 Å². The summed E-state index contributed by atoms with van der Waals surface area (Å²) in [5.74, 6) is 3.50. The fraction of sp³-hybridized carbons (Fsp3) is 0.316. The molecule has 0 bridgehead atoms. The number of urea groups is 1. The topological polar surface area (TPSA) is 76.0 Å². The highest BCUT2D eigenvalue weighted by atomic mass is 35.5. The Morgan fingerprint density at radius 2 is 2.00 bits per heavy atom. The lowest BCUT2D eigenvalue weighted by Gasteiger charge is -2.37. The molecule has 156 valence electrons. The van der Waals surface area contributed by atoms with Gasteiger partial charge in [-0.2, -0.15) is 13.2 Å². The lowest BCUT2D eigenvalue weighted by molar-refractivity contribution is -0.178. The van der Waals surface area contributed by atoms with Crippen molar-refractivity contribution in [1.29, 1.82) is 0 Å². The van der Waals surface area contributed by atoms with Gasteiger partial charge in [-0.05, 0) is 25.0 Å². The Balaban J connectivity index is 1.82. The molecule has 1 aliphatic carbocycles. The van der Waals surface area contributed by atoms with Crippen LogP contribution in [0.2, 0.25) is 5.15 Å². The zero-order valence-electron chi connectivity index (χ0n) is 15.1. The number of nitrogens with one attached hydrogen (secondary N) is 2. The fourth-order valence-electron chi connectivity index (χ4n) is 3.08. The molecule has 0 radical (unpaired) electrons. The van der Waals surface area contributed by atoms with Crippen molar-refractivity contribution < 1.29 is 22.4 Å². The van der Waals surface area contributed by atoms with Gasteiger partial charge >= 0.3 is 12.2 Å². The summed E-state index contributed by atoms with van der Waals surface area (Å²) >= 11 is 5.62. The molecule has 1 saturated carbocycles. The Bertz CT molecular complexity index is 1160. The number of amides is 2. The molecular formula is C19H13ClF4N4O2. The van der Waals surface area contributed by atoms with Crippen LogP contribution in [0.5, 0.6) is 0 Å². The van der Waals surface area contributed by atoms with Crippen LogP contribution in [0.4, 0.5) is 28.0 Å². The molecule has 1 atom stereocenters. The second-order valence-corrected chi connectivity index (χ2v) is 7.42. The number of alkyl halides is 3. The number of hydrogen-bond acceptors (Lipinski definition) is 3. The molecule has 0 spiro atoms. The van der Waals surface area contributed by atoms with Gasteiger partial charge in [0.2, 0.25) is 5.54 Å². The highest BCUT2D eigenvalue weighted by Gasteiger charge is 2.59. The van der Waals surface area contributed by atoms with Crippen LogP contribution >= 0.6 is 11.6 Å². The molecule has 1 aromatic carbocycles. The van der Waals surface area contributed by atoms with Crippen molar-refractivity contribution in [2.24, 2.45) is 5.92 Å². The molecule has 2 heterocycles. The van der Waals surface area contributed by atoms with Gasteiger partial charge < -0.3 is 10.6 Å². The van der Waals surface area contributed by atoms with Crippen LogP contribution in [-0.4, -0.2) is 21.8 Å². The van der Waals surface area contributed by atoms with E-state index in [1.54, 1.807) is 0 Å². The maximum Gasteiger partial charge on any atom is 0.427 e. The molecule has 4 rings (SSSR count). The summed E-state index contributed by atoms with van der Waals surface area (Å²) < 4.78 is 58.0. The summed E-state index contributed by atoms with van der Waals surface area (Å²) in [6.45, 7) is -0.321.